The lowest BCUT2D eigenvalue weighted by Crippen LogP contribution is -2.47. The van der Waals surface area contributed by atoms with Gasteiger partial charge in [0.05, 0.1) is 17.5 Å². The standard InChI is InChI=1S/C16H32N4O4S/c1-16(7-5-10-24-16)13-19-15(17-2)18-8-11-25(21,22)20-12-14-6-3-4-9-23-14/h14,20H,3-13H2,1-2H3,(H2,17,18,19). The van der Waals surface area contributed by atoms with Crippen molar-refractivity contribution in [1.82, 2.24) is 15.4 Å². The van der Waals surface area contributed by atoms with Crippen LogP contribution in [0.15, 0.2) is 4.99 Å². The molecule has 0 aromatic rings. The van der Waals surface area contributed by atoms with Crippen LogP contribution in [0.4, 0.5) is 0 Å². The molecule has 0 aromatic carbocycles. The first-order valence-electron chi connectivity index (χ1n) is 9.10. The molecule has 2 aliphatic rings. The lowest BCUT2D eigenvalue weighted by molar-refractivity contribution is 0.0200. The van der Waals surface area contributed by atoms with E-state index in [0.717, 1.165) is 45.3 Å². The van der Waals surface area contributed by atoms with Crippen molar-refractivity contribution >= 4 is 16.0 Å². The van der Waals surface area contributed by atoms with Crippen molar-refractivity contribution in [1.29, 1.82) is 0 Å². The third-order valence-electron chi connectivity index (χ3n) is 4.62. The van der Waals surface area contributed by atoms with Crippen molar-refractivity contribution < 1.29 is 17.9 Å². The molecule has 2 aliphatic heterocycles. The van der Waals surface area contributed by atoms with Gasteiger partial charge in [0.15, 0.2) is 5.96 Å². The average molecular weight is 377 g/mol. The fourth-order valence-electron chi connectivity index (χ4n) is 3.03. The molecule has 0 amide bonds. The highest BCUT2D eigenvalue weighted by atomic mass is 32.2. The van der Waals surface area contributed by atoms with Crippen LogP contribution in [0, 0.1) is 0 Å². The molecule has 2 saturated heterocycles. The summed E-state index contributed by atoms with van der Waals surface area (Å²) in [5, 5.41) is 6.24. The summed E-state index contributed by atoms with van der Waals surface area (Å²) in [5.41, 5.74) is -0.175. The quantitative estimate of drug-likeness (QED) is 0.414. The van der Waals surface area contributed by atoms with E-state index in [0.29, 0.717) is 19.0 Å². The molecule has 2 atom stereocenters. The Bertz CT molecular complexity index is 526. The van der Waals surface area contributed by atoms with Crippen LogP contribution in [0.2, 0.25) is 0 Å². The second kappa shape index (κ2) is 9.70. The van der Waals surface area contributed by atoms with Crippen LogP contribution in [0.25, 0.3) is 0 Å². The molecule has 146 valence electrons. The highest BCUT2D eigenvalue weighted by Crippen LogP contribution is 2.23. The third kappa shape index (κ3) is 7.47. The van der Waals surface area contributed by atoms with Gasteiger partial charge in [0.1, 0.15) is 0 Å². The molecule has 9 heteroatoms. The van der Waals surface area contributed by atoms with Gasteiger partial charge in [-0.25, -0.2) is 13.1 Å². The molecule has 0 radical (unpaired) electrons. The maximum absolute atomic E-state index is 12.1. The van der Waals surface area contributed by atoms with Gasteiger partial charge in [-0.15, -0.1) is 0 Å². The van der Waals surface area contributed by atoms with Crippen molar-refractivity contribution in [3.05, 3.63) is 0 Å². The molecule has 25 heavy (non-hydrogen) atoms. The van der Waals surface area contributed by atoms with E-state index in [2.05, 4.69) is 27.3 Å². The normalized spacial score (nSPS) is 28.1. The number of hydrogen-bond donors (Lipinski definition) is 3. The van der Waals surface area contributed by atoms with Gasteiger partial charge in [0.2, 0.25) is 10.0 Å². The fraction of sp³-hybridized carbons (Fsp3) is 0.938. The van der Waals surface area contributed by atoms with Gasteiger partial charge in [0, 0.05) is 39.9 Å². The summed E-state index contributed by atoms with van der Waals surface area (Å²) in [5.74, 6) is 0.580. The van der Waals surface area contributed by atoms with Crippen LogP contribution < -0.4 is 15.4 Å². The van der Waals surface area contributed by atoms with Crippen LogP contribution in [0.5, 0.6) is 0 Å². The van der Waals surface area contributed by atoms with Gasteiger partial charge in [-0.3, -0.25) is 4.99 Å². The predicted molar refractivity (Wildman–Crippen MR) is 98.3 cm³/mol. The van der Waals surface area contributed by atoms with Crippen LogP contribution in [-0.4, -0.2) is 71.7 Å². The number of hydrogen-bond acceptors (Lipinski definition) is 5. The van der Waals surface area contributed by atoms with E-state index in [9.17, 15) is 8.42 Å². The van der Waals surface area contributed by atoms with E-state index in [1.807, 2.05) is 0 Å². The Morgan fingerprint density at radius 1 is 1.24 bits per heavy atom. The van der Waals surface area contributed by atoms with E-state index in [4.69, 9.17) is 9.47 Å². The molecule has 0 saturated carbocycles. The van der Waals surface area contributed by atoms with Gasteiger partial charge in [0.25, 0.3) is 0 Å². The number of aliphatic imine (C=N–C) groups is 1. The molecule has 0 spiro atoms. The summed E-state index contributed by atoms with van der Waals surface area (Å²) in [6.07, 6.45) is 5.15. The molecule has 0 bridgehead atoms. The largest absolute Gasteiger partial charge is 0.377 e. The van der Waals surface area contributed by atoms with E-state index >= 15 is 0 Å². The Hall–Kier alpha value is -0.900. The van der Waals surface area contributed by atoms with Crippen LogP contribution in [-0.2, 0) is 19.5 Å². The monoisotopic (exact) mass is 376 g/mol. The zero-order valence-electron chi connectivity index (χ0n) is 15.3. The van der Waals surface area contributed by atoms with Crippen LogP contribution in [0.3, 0.4) is 0 Å². The second-order valence-corrected chi connectivity index (χ2v) is 8.84. The number of sulfonamides is 1. The molecule has 2 fully saturated rings. The number of guanidine groups is 1. The number of ether oxygens (including phenoxy) is 2. The Balaban J connectivity index is 1.64. The summed E-state index contributed by atoms with van der Waals surface area (Å²) in [7, 11) is -1.66. The van der Waals surface area contributed by atoms with Gasteiger partial charge in [-0.05, 0) is 39.0 Å². The van der Waals surface area contributed by atoms with Gasteiger partial charge >= 0.3 is 0 Å². The predicted octanol–water partition coefficient (Wildman–Crippen LogP) is 0.209. The lowest BCUT2D eigenvalue weighted by atomic mass is 10.0. The summed E-state index contributed by atoms with van der Waals surface area (Å²) >= 11 is 0. The Kier molecular flexibility index (Phi) is 7.92. The first-order chi connectivity index (χ1) is 11.9. The summed E-state index contributed by atoms with van der Waals surface area (Å²) in [4.78, 5) is 4.12. The van der Waals surface area contributed by atoms with Crippen molar-refractivity contribution in [2.45, 2.75) is 50.7 Å². The minimum absolute atomic E-state index is 0.00179. The Morgan fingerprint density at radius 2 is 2.08 bits per heavy atom. The average Bonchev–Trinajstić information content (AvgIpc) is 3.04. The molecule has 3 N–H and O–H groups in total. The maximum atomic E-state index is 12.1. The molecule has 8 nitrogen and oxygen atoms in total. The Labute approximate surface area is 151 Å². The summed E-state index contributed by atoms with van der Waals surface area (Å²) in [6, 6.07) is 0. The summed E-state index contributed by atoms with van der Waals surface area (Å²) < 4.78 is 38.0. The second-order valence-electron chi connectivity index (χ2n) is 6.91. The van der Waals surface area contributed by atoms with Gasteiger partial charge in [-0.2, -0.15) is 0 Å². The molecule has 2 heterocycles. The van der Waals surface area contributed by atoms with Crippen molar-refractivity contribution in [3.63, 3.8) is 0 Å². The van der Waals surface area contributed by atoms with E-state index in [1.165, 1.54) is 0 Å². The molecular formula is C16H32N4O4S. The van der Waals surface area contributed by atoms with Crippen molar-refractivity contribution in [3.8, 4) is 0 Å². The minimum atomic E-state index is -3.33. The van der Waals surface area contributed by atoms with Gasteiger partial charge in [-0.1, -0.05) is 0 Å². The smallest absolute Gasteiger partial charge is 0.213 e. The number of nitrogens with zero attached hydrogens (tertiary/aromatic N) is 1. The number of nitrogens with one attached hydrogen (secondary N) is 3. The first-order valence-corrected chi connectivity index (χ1v) is 10.8. The highest BCUT2D eigenvalue weighted by molar-refractivity contribution is 7.89. The highest BCUT2D eigenvalue weighted by Gasteiger charge is 2.29. The maximum Gasteiger partial charge on any atom is 0.213 e. The molecular weight excluding hydrogens is 344 g/mol. The molecule has 0 aliphatic carbocycles. The number of rotatable bonds is 8. The van der Waals surface area contributed by atoms with Crippen molar-refractivity contribution in [2.75, 3.05) is 45.6 Å². The van der Waals surface area contributed by atoms with Crippen LogP contribution >= 0.6 is 0 Å². The van der Waals surface area contributed by atoms with E-state index in [-0.39, 0.29) is 24.0 Å². The zero-order valence-corrected chi connectivity index (χ0v) is 16.2. The lowest BCUT2D eigenvalue weighted by Gasteiger charge is -2.24. The fourth-order valence-corrected chi connectivity index (χ4v) is 3.99. The topological polar surface area (TPSA) is 101 Å². The van der Waals surface area contributed by atoms with Crippen LogP contribution in [0.1, 0.15) is 39.0 Å². The van der Waals surface area contributed by atoms with E-state index < -0.39 is 10.0 Å². The third-order valence-corrected chi connectivity index (χ3v) is 5.97. The van der Waals surface area contributed by atoms with Gasteiger partial charge < -0.3 is 20.1 Å². The van der Waals surface area contributed by atoms with E-state index in [1.54, 1.807) is 7.05 Å². The Morgan fingerprint density at radius 3 is 2.72 bits per heavy atom. The SMILES string of the molecule is CN=C(NCCS(=O)(=O)NCC1CCCCO1)NCC1(C)CCCO1. The van der Waals surface area contributed by atoms with Crippen molar-refractivity contribution in [2.24, 2.45) is 4.99 Å². The molecule has 2 unspecified atom stereocenters. The minimum Gasteiger partial charge on any atom is -0.377 e. The molecule has 0 aromatic heterocycles. The molecule has 2 rings (SSSR count). The first kappa shape index (κ1) is 20.4. The summed E-state index contributed by atoms with van der Waals surface area (Å²) in [6.45, 7) is 4.87. The zero-order chi connectivity index (χ0) is 18.2.